The van der Waals surface area contributed by atoms with Crippen LogP contribution < -0.4 is 5.73 Å². The molecule has 2 rings (SSSR count). The smallest absolute Gasteiger partial charge is 0.0509 e. The van der Waals surface area contributed by atoms with Gasteiger partial charge in [-0.15, -0.1) is 0 Å². The van der Waals surface area contributed by atoms with Crippen molar-refractivity contribution in [1.29, 1.82) is 0 Å². The van der Waals surface area contributed by atoms with Gasteiger partial charge in [0.15, 0.2) is 0 Å². The van der Waals surface area contributed by atoms with Crippen LogP contribution in [-0.2, 0) is 7.05 Å². The molecule has 0 aliphatic heterocycles. The summed E-state index contributed by atoms with van der Waals surface area (Å²) in [6.45, 7) is 7.55. The van der Waals surface area contributed by atoms with Gasteiger partial charge in [-0.25, -0.2) is 0 Å². The Morgan fingerprint density at radius 2 is 2.06 bits per heavy atom. The second-order valence-corrected chi connectivity index (χ2v) is 3.90. The summed E-state index contributed by atoms with van der Waals surface area (Å²) in [5.41, 5.74) is 10.1. The number of rotatable bonds is 3. The number of nitrogen functional groups attached to an aromatic ring is 1. The Morgan fingerprint density at radius 1 is 1.29 bits per heavy atom. The zero-order valence-corrected chi connectivity index (χ0v) is 9.98. The van der Waals surface area contributed by atoms with Crippen molar-refractivity contribution in [1.82, 2.24) is 4.57 Å². The Balaban J connectivity index is 2.91. The maximum Gasteiger partial charge on any atom is 0.0509 e. The fourth-order valence-corrected chi connectivity index (χ4v) is 2.15. The first-order valence-corrected chi connectivity index (χ1v) is 5.49. The van der Waals surface area contributed by atoms with Gasteiger partial charge in [0.25, 0.3) is 0 Å². The summed E-state index contributed by atoms with van der Waals surface area (Å²) in [5.74, 6) is 0. The van der Waals surface area contributed by atoms with Gasteiger partial charge in [-0.1, -0.05) is 37.5 Å². The molecule has 1 aromatic carbocycles. The van der Waals surface area contributed by atoms with Gasteiger partial charge in [-0.3, -0.25) is 0 Å². The number of nitrogens with two attached hydrogens (primary N) is 1. The lowest BCUT2D eigenvalue weighted by Gasteiger charge is -1.98. The first kappa shape index (κ1) is 11.3. The second kappa shape index (κ2) is 4.34. The molecule has 17 heavy (non-hydrogen) atoms. The van der Waals surface area contributed by atoms with Crippen molar-refractivity contribution < 1.29 is 0 Å². The summed E-state index contributed by atoms with van der Waals surface area (Å²) in [6, 6.07) is 5.94. The van der Waals surface area contributed by atoms with Crippen molar-refractivity contribution >= 4 is 28.7 Å². The lowest BCUT2D eigenvalue weighted by atomic mass is 10.1. The number of aromatic nitrogens is 1. The molecule has 0 atom stereocenters. The number of nitrogens with zero attached hydrogens (tertiary/aromatic N) is 1. The van der Waals surface area contributed by atoms with Gasteiger partial charge < -0.3 is 10.3 Å². The van der Waals surface area contributed by atoms with Crippen LogP contribution in [0.15, 0.2) is 43.5 Å². The number of hydrogen-bond donors (Lipinski definition) is 1. The molecule has 2 heteroatoms. The zero-order chi connectivity index (χ0) is 12.4. The number of aryl methyl sites for hydroxylation is 1. The largest absolute Gasteiger partial charge is 0.398 e. The van der Waals surface area contributed by atoms with Gasteiger partial charge in [-0.2, -0.15) is 0 Å². The van der Waals surface area contributed by atoms with Gasteiger partial charge in [0.2, 0.25) is 0 Å². The predicted octanol–water partition coefficient (Wildman–Crippen LogP) is 3.60. The van der Waals surface area contributed by atoms with Crippen molar-refractivity contribution in [3.05, 3.63) is 54.8 Å². The van der Waals surface area contributed by atoms with Gasteiger partial charge in [-0.05, 0) is 18.2 Å². The molecule has 0 amide bonds. The third-order valence-electron chi connectivity index (χ3n) is 2.94. The van der Waals surface area contributed by atoms with Crippen molar-refractivity contribution in [2.24, 2.45) is 7.05 Å². The standard InChI is InChI=1S/C15H16N2/c1-4-6-8-11-13(5-2)17(3)14-10-7-9-12(16)15(11)14/h4-10H,1-2,16H2,3H3/b8-6-. The highest BCUT2D eigenvalue weighted by molar-refractivity contribution is 6.01. The maximum atomic E-state index is 6.06. The second-order valence-electron chi connectivity index (χ2n) is 3.90. The molecule has 0 saturated heterocycles. The van der Waals surface area contributed by atoms with Crippen LogP contribution in [0.1, 0.15) is 11.3 Å². The monoisotopic (exact) mass is 224 g/mol. The summed E-state index contributed by atoms with van der Waals surface area (Å²) >= 11 is 0. The molecule has 1 heterocycles. The van der Waals surface area contributed by atoms with Crippen LogP contribution in [0, 0.1) is 0 Å². The average molecular weight is 224 g/mol. The first-order chi connectivity index (χ1) is 8.20. The van der Waals surface area contributed by atoms with Gasteiger partial charge in [0, 0.05) is 29.4 Å². The molecule has 2 aromatic rings. The molecule has 0 unspecified atom stereocenters. The Kier molecular flexibility index (Phi) is 2.88. The molecular formula is C15H16N2. The number of benzene rings is 1. The fraction of sp³-hybridized carbons (Fsp3) is 0.0667. The zero-order valence-electron chi connectivity index (χ0n) is 9.98. The van der Waals surface area contributed by atoms with Gasteiger partial charge >= 0.3 is 0 Å². The molecule has 2 N–H and O–H groups in total. The third kappa shape index (κ3) is 1.68. The van der Waals surface area contributed by atoms with Crippen molar-refractivity contribution in [3.63, 3.8) is 0 Å². The molecule has 0 radical (unpaired) electrons. The van der Waals surface area contributed by atoms with E-state index in [4.69, 9.17) is 5.73 Å². The SMILES string of the molecule is C=C/C=C\c1c(C=C)n(C)c2cccc(N)c12. The molecule has 0 bridgehead atoms. The van der Waals surface area contributed by atoms with E-state index in [2.05, 4.69) is 23.8 Å². The molecule has 0 aliphatic rings. The molecule has 0 saturated carbocycles. The van der Waals surface area contributed by atoms with Crippen LogP contribution in [-0.4, -0.2) is 4.57 Å². The van der Waals surface area contributed by atoms with Crippen LogP contribution in [0.3, 0.4) is 0 Å². The highest BCUT2D eigenvalue weighted by Crippen LogP contribution is 2.31. The highest BCUT2D eigenvalue weighted by Gasteiger charge is 2.12. The van der Waals surface area contributed by atoms with Crippen LogP contribution in [0.2, 0.25) is 0 Å². The van der Waals surface area contributed by atoms with Crippen molar-refractivity contribution in [2.75, 3.05) is 5.73 Å². The Bertz CT molecular complexity index is 615. The minimum absolute atomic E-state index is 0.787. The average Bonchev–Trinajstić information content (AvgIpc) is 2.61. The fourth-order valence-electron chi connectivity index (χ4n) is 2.15. The third-order valence-corrected chi connectivity index (χ3v) is 2.94. The van der Waals surface area contributed by atoms with Crippen LogP contribution in [0.5, 0.6) is 0 Å². The molecule has 0 fully saturated rings. The highest BCUT2D eigenvalue weighted by atomic mass is 14.9. The molecular weight excluding hydrogens is 208 g/mol. The van der Waals surface area contributed by atoms with Crippen LogP contribution in [0.25, 0.3) is 23.1 Å². The van der Waals surface area contributed by atoms with Gasteiger partial charge in [0.05, 0.1) is 5.52 Å². The van der Waals surface area contributed by atoms with Gasteiger partial charge in [0.1, 0.15) is 0 Å². The first-order valence-electron chi connectivity index (χ1n) is 5.49. The maximum absolute atomic E-state index is 6.06. The number of hydrogen-bond acceptors (Lipinski definition) is 1. The van der Waals surface area contributed by atoms with Crippen molar-refractivity contribution in [3.8, 4) is 0 Å². The molecule has 0 aliphatic carbocycles. The number of fused-ring (bicyclic) bond motifs is 1. The molecule has 2 nitrogen and oxygen atoms in total. The van der Waals surface area contributed by atoms with E-state index in [-0.39, 0.29) is 0 Å². The minimum Gasteiger partial charge on any atom is -0.398 e. The van der Waals surface area contributed by atoms with E-state index >= 15 is 0 Å². The minimum atomic E-state index is 0.787. The van der Waals surface area contributed by atoms with Crippen molar-refractivity contribution in [2.45, 2.75) is 0 Å². The molecule has 1 aromatic heterocycles. The number of allylic oxidation sites excluding steroid dienone is 2. The normalized spacial score (nSPS) is 11.1. The predicted molar refractivity (Wildman–Crippen MR) is 76.7 cm³/mol. The van der Waals surface area contributed by atoms with E-state index in [0.717, 1.165) is 27.8 Å². The Hall–Kier alpha value is -2.22. The summed E-state index contributed by atoms with van der Waals surface area (Å²) in [5, 5.41) is 1.07. The summed E-state index contributed by atoms with van der Waals surface area (Å²) in [7, 11) is 2.02. The lowest BCUT2D eigenvalue weighted by Crippen LogP contribution is -1.90. The van der Waals surface area contributed by atoms with Crippen LogP contribution >= 0.6 is 0 Å². The van der Waals surface area contributed by atoms with E-state index in [1.165, 1.54) is 0 Å². The summed E-state index contributed by atoms with van der Waals surface area (Å²) in [4.78, 5) is 0. The van der Waals surface area contributed by atoms with Crippen LogP contribution in [0.4, 0.5) is 5.69 Å². The summed E-state index contributed by atoms with van der Waals surface area (Å²) in [6.07, 6.45) is 7.53. The Labute approximate surface area is 101 Å². The Morgan fingerprint density at radius 3 is 2.71 bits per heavy atom. The number of anilines is 1. The van der Waals surface area contributed by atoms with E-state index in [9.17, 15) is 0 Å². The lowest BCUT2D eigenvalue weighted by molar-refractivity contribution is 0.953. The quantitative estimate of drug-likeness (QED) is 0.626. The van der Waals surface area contributed by atoms with E-state index in [1.807, 2.05) is 37.4 Å². The molecule has 0 spiro atoms. The topological polar surface area (TPSA) is 30.9 Å². The summed E-state index contributed by atoms with van der Waals surface area (Å²) < 4.78 is 2.10. The van der Waals surface area contributed by atoms with E-state index < -0.39 is 0 Å². The van der Waals surface area contributed by atoms with E-state index in [0.29, 0.717) is 0 Å². The van der Waals surface area contributed by atoms with E-state index in [1.54, 1.807) is 6.08 Å². The molecule has 86 valence electrons.